The van der Waals surface area contributed by atoms with Gasteiger partial charge in [-0.15, -0.1) is 136 Å². The van der Waals surface area contributed by atoms with Gasteiger partial charge in [0.15, 0.2) is 0 Å². The van der Waals surface area contributed by atoms with Gasteiger partial charge in [0.2, 0.25) is 0 Å². The molecule has 0 aliphatic heterocycles. The minimum Gasteiger partial charge on any atom is -0.656 e. The van der Waals surface area contributed by atoms with E-state index >= 15 is 0 Å². The van der Waals surface area contributed by atoms with Crippen LogP contribution in [0.5, 0.6) is 0 Å². The summed E-state index contributed by atoms with van der Waals surface area (Å²) in [5.74, 6) is 0.446. The monoisotopic (exact) mass is 1950 g/mol. The number of para-hydroxylation sites is 4. The molecule has 0 radical (unpaired) electrons. The van der Waals surface area contributed by atoms with Crippen LogP contribution in [0.2, 0.25) is 0 Å². The Morgan fingerprint density at radius 2 is 0.657 bits per heavy atom. The van der Waals surface area contributed by atoms with Crippen LogP contribution >= 0.6 is 0 Å². The molecule has 0 spiro atoms. The molecular weight excluding hydrogens is 1870 g/mol. The number of halogens is 2. The molecule has 0 unspecified atom stereocenters. The van der Waals surface area contributed by atoms with Gasteiger partial charge in [-0.05, 0) is 156 Å². The van der Waals surface area contributed by atoms with Crippen molar-refractivity contribution in [2.24, 2.45) is 0 Å². The quantitative estimate of drug-likeness (QED) is 0.0801. The Labute approximate surface area is 832 Å². The van der Waals surface area contributed by atoms with Gasteiger partial charge in [0, 0.05) is 75.9 Å². The third kappa shape index (κ3) is 19.5. The van der Waals surface area contributed by atoms with Crippen molar-refractivity contribution in [1.29, 1.82) is 0 Å². The van der Waals surface area contributed by atoms with Gasteiger partial charge < -0.3 is 19.5 Å². The van der Waals surface area contributed by atoms with E-state index in [-0.39, 0.29) is 77.2 Å². The van der Waals surface area contributed by atoms with Gasteiger partial charge >= 0.3 is 66.0 Å². The largest absolute Gasteiger partial charge is 2.00 e. The molecule has 0 atom stereocenters. The first kappa shape index (κ1) is 93.7. The molecule has 24 aromatic rings. The standard InChI is InChI=1S/C35H31N3.C28H15F2N3.2C28H17N3.4Ni/c1-22(2)25-19-28-27-21-26(35(3,4)5)15-16-33(27)38-34(28)29(20-25)32-14-9-13-31(37-32)24-11-8-10-23(18-24)30-12-6-7-17-36-30;29-19-10-11-27-21(14-19)22-15-20(30)16-23(28(22)33-27)26-9-4-8-25(32-26)18-6-3-5-17(13-18)24-7-1-2-12-31-24;1-3-15-26-22(11-1)23-12-2-4-16-27(23)31(26)28-17-8-14-25(30-28)21-10-7-9-20(19-21)24-13-5-6-18-29-24;1-2-14-26-21(10-1)22-11-6-12-23(28(22)31-26)27-16-7-15-25(30-27)20-9-5-8-19(18-20)24-13-3-4-17-29-24;;;;/h6-17,19-22H,1-5H3;1-12,14-16H;1-15,17-18H;1-17H;;;;/q4*-2;4*+2. The summed E-state index contributed by atoms with van der Waals surface area (Å²) in [6.45, 7) is 11.3. The average Bonchev–Trinajstić information content (AvgIpc) is 1.58. The summed E-state index contributed by atoms with van der Waals surface area (Å²) >= 11 is 0. The van der Waals surface area contributed by atoms with Crippen LogP contribution in [0.4, 0.5) is 8.78 Å². The van der Waals surface area contributed by atoms with Crippen molar-refractivity contribution in [1.82, 2.24) is 59.4 Å². The molecule has 0 saturated heterocycles. The maximum absolute atomic E-state index is 14.6. The number of pyridine rings is 8. The van der Waals surface area contributed by atoms with E-state index < -0.39 is 5.82 Å². The molecule has 670 valence electrons. The van der Waals surface area contributed by atoms with E-state index in [1.807, 2.05) is 225 Å². The first-order chi connectivity index (χ1) is 65.2. The number of fused-ring (bicyclic) bond motifs is 12. The van der Waals surface area contributed by atoms with Crippen molar-refractivity contribution in [3.63, 3.8) is 0 Å². The first-order valence-corrected chi connectivity index (χ1v) is 44.1. The Morgan fingerprint density at radius 3 is 1.15 bits per heavy atom. The molecular formula is C119H80F2N12Ni4. The minimum atomic E-state index is -0.424. The number of rotatable bonds is 13. The molecule has 12 aromatic carbocycles. The number of hydrogen-bond donors (Lipinski definition) is 0. The van der Waals surface area contributed by atoms with Crippen LogP contribution in [0.25, 0.3) is 217 Å². The zero-order valence-electron chi connectivity index (χ0n) is 74.4. The third-order valence-electron chi connectivity index (χ3n) is 23.8. The van der Waals surface area contributed by atoms with Crippen LogP contribution in [0.1, 0.15) is 51.7 Å². The average molecular weight is 1950 g/mol. The molecule has 137 heavy (non-hydrogen) atoms. The molecule has 0 bridgehead atoms. The topological polar surface area (TPSA) is 150 Å². The van der Waals surface area contributed by atoms with Gasteiger partial charge in [0.05, 0.1) is 17.1 Å². The van der Waals surface area contributed by atoms with E-state index in [9.17, 15) is 8.78 Å². The van der Waals surface area contributed by atoms with E-state index in [0.717, 1.165) is 151 Å². The van der Waals surface area contributed by atoms with Crippen LogP contribution in [0, 0.1) is 42.0 Å². The van der Waals surface area contributed by atoms with Crippen LogP contribution in [0.15, 0.2) is 389 Å². The second kappa shape index (κ2) is 41.0. The van der Waals surface area contributed by atoms with Crippen molar-refractivity contribution in [2.75, 3.05) is 0 Å². The molecule has 12 nitrogen and oxygen atoms in total. The Bertz CT molecular complexity index is 8410. The molecule has 18 heteroatoms. The number of nitrogens with zero attached hydrogens (tertiary/aromatic N) is 12. The molecule has 0 saturated carbocycles. The third-order valence-corrected chi connectivity index (χ3v) is 23.8. The number of hydrogen-bond acceptors (Lipinski definition) is 8. The summed E-state index contributed by atoms with van der Waals surface area (Å²) in [4.78, 5) is 52.3. The van der Waals surface area contributed by atoms with Gasteiger partial charge in [0.1, 0.15) is 17.5 Å². The predicted molar refractivity (Wildman–Crippen MR) is 534 cm³/mol. The van der Waals surface area contributed by atoms with E-state index in [1.54, 1.807) is 24.7 Å². The van der Waals surface area contributed by atoms with Crippen LogP contribution < -0.4 is 15.0 Å². The smallest absolute Gasteiger partial charge is 0.656 e. The second-order valence-electron chi connectivity index (χ2n) is 33.8. The Hall–Kier alpha value is -15.1. The predicted octanol–water partition coefficient (Wildman–Crippen LogP) is 28.8. The minimum absolute atomic E-state index is 0. The van der Waals surface area contributed by atoms with Crippen molar-refractivity contribution < 1.29 is 74.7 Å². The Balaban J connectivity index is 0.000000126. The van der Waals surface area contributed by atoms with E-state index in [4.69, 9.17) is 29.9 Å². The number of benzene rings is 12. The second-order valence-corrected chi connectivity index (χ2v) is 33.8. The zero-order chi connectivity index (χ0) is 90.0. The summed E-state index contributed by atoms with van der Waals surface area (Å²) in [5, 5.41) is 8.26. The zero-order valence-corrected chi connectivity index (χ0v) is 78.4. The van der Waals surface area contributed by atoms with E-state index in [1.165, 1.54) is 62.3 Å². The van der Waals surface area contributed by atoms with Crippen molar-refractivity contribution >= 4 is 87.2 Å². The molecule has 12 aromatic heterocycles. The van der Waals surface area contributed by atoms with Crippen LogP contribution in [-0.2, 0) is 71.4 Å². The van der Waals surface area contributed by atoms with Crippen molar-refractivity contribution in [3.05, 3.63) is 442 Å². The Morgan fingerprint density at radius 1 is 0.285 bits per heavy atom. The van der Waals surface area contributed by atoms with Gasteiger partial charge in [-0.2, -0.15) is 24.3 Å². The van der Waals surface area contributed by atoms with E-state index in [0.29, 0.717) is 44.7 Å². The molecule has 0 fully saturated rings. The summed E-state index contributed by atoms with van der Waals surface area (Å²) in [7, 11) is 0. The van der Waals surface area contributed by atoms with Crippen molar-refractivity contribution in [2.45, 2.75) is 46.0 Å². The molecule has 0 amide bonds. The fourth-order valence-electron chi connectivity index (χ4n) is 17.2. The molecule has 24 rings (SSSR count). The van der Waals surface area contributed by atoms with Crippen LogP contribution in [-0.4, -0.2) is 44.4 Å². The fourth-order valence-corrected chi connectivity index (χ4v) is 17.2. The van der Waals surface area contributed by atoms with Gasteiger partial charge in [-0.3, -0.25) is 39.9 Å². The SMILES string of the molecule is CC(C)c1cc(-c2cccc(-c3[c-]c(-c4ccccn4)ccc3)n2)c2[n-]c3ccc(C(C)(C)C)cc3c2c1.Fc1ccc2[n-]c3c(-c4cccc(-c5[c-]c(-c6ccccn6)ccc5)n4)cc(F)cc3c2c1.[Ni+2].[Ni+2].[Ni+2].[Ni+2].[c-]1c(-c2ccccn2)cccc1-c1cccc(-c2cccc3c2[n-]c2ccccc23)n1.[c-]1c(-c2ccccn2)cccc1-c1cccc(-n2c3[c-]cccc3c3ccccc32)n1. The normalized spacial score (nSPS) is 11.2. The van der Waals surface area contributed by atoms with Gasteiger partial charge in [-0.1, -0.05) is 279 Å². The maximum atomic E-state index is 14.6. The molecule has 12 heterocycles. The van der Waals surface area contributed by atoms with Gasteiger partial charge in [-0.25, -0.2) is 8.78 Å². The summed E-state index contributed by atoms with van der Waals surface area (Å²) < 4.78 is 30.6. The van der Waals surface area contributed by atoms with Gasteiger partial charge in [0.25, 0.3) is 0 Å². The first-order valence-electron chi connectivity index (χ1n) is 44.1. The van der Waals surface area contributed by atoms with Crippen molar-refractivity contribution in [3.8, 4) is 130 Å². The molecule has 0 aliphatic rings. The maximum Gasteiger partial charge on any atom is 2.00 e. The summed E-state index contributed by atoms with van der Waals surface area (Å²) in [6.07, 6.45) is 7.15. The summed E-state index contributed by atoms with van der Waals surface area (Å²) in [6, 6.07) is 136. The van der Waals surface area contributed by atoms with E-state index in [2.05, 4.69) is 210 Å². The van der Waals surface area contributed by atoms with Crippen LogP contribution in [0.3, 0.4) is 0 Å². The molecule has 0 aliphatic carbocycles. The number of aromatic nitrogens is 12. The fraction of sp³-hybridized carbons (Fsp3) is 0.0588. The Kier molecular flexibility index (Phi) is 28.0. The summed E-state index contributed by atoms with van der Waals surface area (Å²) in [5.41, 5.74) is 29.4. The molecule has 0 N–H and O–H groups in total.